The van der Waals surface area contributed by atoms with Crippen molar-refractivity contribution in [1.82, 2.24) is 24.8 Å². The molecule has 3 aliphatic heterocycles. The van der Waals surface area contributed by atoms with Crippen LogP contribution in [0.15, 0.2) is 48.8 Å². The second-order valence-corrected chi connectivity index (χ2v) is 12.1. The summed E-state index contributed by atoms with van der Waals surface area (Å²) in [5, 5.41) is 4.11. The molecule has 3 aliphatic rings. The molecule has 1 fully saturated rings. The fraction of sp³-hybridized carbons (Fsp3) is 0.424. The molecule has 7 rings (SSSR count). The molecule has 2 N–H and O–H groups in total. The fourth-order valence-electron chi connectivity index (χ4n) is 6.90. The molecule has 1 atom stereocenters. The number of amides is 2. The largest absolute Gasteiger partial charge is 0.457 e. The number of benzene rings is 1. The molecule has 4 aromatic rings. The van der Waals surface area contributed by atoms with Crippen LogP contribution in [0.2, 0.25) is 0 Å². The van der Waals surface area contributed by atoms with Crippen LogP contribution in [0.3, 0.4) is 0 Å². The van der Waals surface area contributed by atoms with E-state index in [9.17, 15) is 4.79 Å². The zero-order valence-electron chi connectivity index (χ0n) is 24.7. The number of pyridine rings is 2. The Morgan fingerprint density at radius 2 is 1.88 bits per heavy atom. The lowest BCUT2D eigenvalue weighted by Gasteiger charge is -2.41. The number of likely N-dealkylation sites (tertiary alicyclic amines) is 1. The van der Waals surface area contributed by atoms with Gasteiger partial charge in [-0.25, -0.2) is 14.8 Å². The molecular weight excluding hydrogens is 526 g/mol. The number of aromatic amines is 1. The SMILES string of the molecule is Cc1cc2c(Oc3ccc4c(c3)[C@H](C)N(C(=O)Nc3cnc5c(c3)CCCN5C3CCN(C)CC3)CC4)ccnc2[nH]1. The molecule has 1 aromatic carbocycles. The number of hydrogen-bond acceptors (Lipinski definition) is 6. The number of hydrogen-bond donors (Lipinski definition) is 2. The van der Waals surface area contributed by atoms with Gasteiger partial charge in [0.25, 0.3) is 0 Å². The van der Waals surface area contributed by atoms with Gasteiger partial charge in [-0.15, -0.1) is 0 Å². The number of anilines is 2. The van der Waals surface area contributed by atoms with Crippen LogP contribution >= 0.6 is 0 Å². The molecule has 9 nitrogen and oxygen atoms in total. The molecule has 6 heterocycles. The Morgan fingerprint density at radius 1 is 1.02 bits per heavy atom. The van der Waals surface area contributed by atoms with Crippen molar-refractivity contribution in [2.24, 2.45) is 0 Å². The Balaban J connectivity index is 1.06. The zero-order chi connectivity index (χ0) is 28.8. The van der Waals surface area contributed by atoms with Crippen LogP contribution in [0.25, 0.3) is 11.0 Å². The predicted molar refractivity (Wildman–Crippen MR) is 166 cm³/mol. The highest BCUT2D eigenvalue weighted by Crippen LogP contribution is 2.36. The summed E-state index contributed by atoms with van der Waals surface area (Å²) in [6.45, 7) is 8.10. The van der Waals surface area contributed by atoms with Crippen LogP contribution in [0.1, 0.15) is 54.6 Å². The third-order valence-corrected chi connectivity index (χ3v) is 9.21. The lowest BCUT2D eigenvalue weighted by Crippen LogP contribution is -2.46. The smallest absolute Gasteiger partial charge is 0.322 e. The number of urea groups is 1. The second kappa shape index (κ2) is 10.9. The van der Waals surface area contributed by atoms with Crippen molar-refractivity contribution in [2.45, 2.75) is 58.0 Å². The molecule has 2 amide bonds. The van der Waals surface area contributed by atoms with Gasteiger partial charge in [0.15, 0.2) is 0 Å². The van der Waals surface area contributed by atoms with E-state index in [1.54, 1.807) is 6.20 Å². The monoisotopic (exact) mass is 565 g/mol. The van der Waals surface area contributed by atoms with E-state index < -0.39 is 0 Å². The summed E-state index contributed by atoms with van der Waals surface area (Å²) < 4.78 is 6.33. The van der Waals surface area contributed by atoms with E-state index in [1.807, 2.05) is 36.2 Å². The topological polar surface area (TPSA) is 89.6 Å². The normalized spacial score (nSPS) is 19.5. The Hall–Kier alpha value is -4.11. The average Bonchev–Trinajstić information content (AvgIpc) is 3.39. The van der Waals surface area contributed by atoms with Gasteiger partial charge in [-0.05, 0) is 113 Å². The maximum absolute atomic E-state index is 13.6. The molecule has 3 aromatic heterocycles. The molecule has 0 unspecified atom stereocenters. The quantitative estimate of drug-likeness (QED) is 0.313. The van der Waals surface area contributed by atoms with E-state index in [0.717, 1.165) is 84.2 Å². The number of H-pyrrole nitrogens is 1. The van der Waals surface area contributed by atoms with Crippen LogP contribution in [-0.2, 0) is 12.8 Å². The molecule has 0 aliphatic carbocycles. The summed E-state index contributed by atoms with van der Waals surface area (Å²) >= 11 is 0. The van der Waals surface area contributed by atoms with Crippen LogP contribution in [0, 0.1) is 6.92 Å². The number of fused-ring (bicyclic) bond motifs is 3. The molecule has 0 spiro atoms. The zero-order valence-corrected chi connectivity index (χ0v) is 24.7. The van der Waals surface area contributed by atoms with Gasteiger partial charge in [0.1, 0.15) is 23.0 Å². The van der Waals surface area contributed by atoms with Crippen molar-refractivity contribution < 1.29 is 9.53 Å². The van der Waals surface area contributed by atoms with E-state index in [1.165, 1.54) is 24.0 Å². The van der Waals surface area contributed by atoms with Crippen LogP contribution in [0.5, 0.6) is 11.5 Å². The summed E-state index contributed by atoms with van der Waals surface area (Å²) in [6.07, 6.45) is 8.86. The molecule has 218 valence electrons. The number of carbonyl (C=O) groups is 1. The van der Waals surface area contributed by atoms with E-state index in [4.69, 9.17) is 9.72 Å². The standard InChI is InChI=1S/C33H39N7O2/c1-21-17-29-30(8-12-34-31(29)36-21)42-27-7-6-23-9-16-39(22(2)28(23)19-27)33(41)37-25-18-24-5-4-13-40(32(24)35-20-25)26-10-14-38(3)15-11-26/h6-8,12,17-20,22,26H,4-5,9-11,13-16H2,1-3H3,(H,34,36)(H,37,41)/t22-/m0/s1. The number of nitrogens with one attached hydrogen (secondary N) is 2. The summed E-state index contributed by atoms with van der Waals surface area (Å²) in [4.78, 5) is 32.9. The summed E-state index contributed by atoms with van der Waals surface area (Å²) in [6, 6.07) is 12.6. The van der Waals surface area contributed by atoms with Crippen molar-refractivity contribution in [2.75, 3.05) is 43.4 Å². The molecule has 1 saturated heterocycles. The van der Waals surface area contributed by atoms with E-state index in [0.29, 0.717) is 12.6 Å². The van der Waals surface area contributed by atoms with Crippen molar-refractivity contribution in [3.05, 3.63) is 71.2 Å². The molecule has 0 saturated carbocycles. The first kappa shape index (κ1) is 26.8. The molecular formula is C33H39N7O2. The Bertz CT molecular complexity index is 1620. The highest BCUT2D eigenvalue weighted by molar-refractivity contribution is 5.90. The van der Waals surface area contributed by atoms with Crippen LogP contribution < -0.4 is 15.0 Å². The minimum Gasteiger partial charge on any atom is -0.457 e. The minimum absolute atomic E-state index is 0.0882. The highest BCUT2D eigenvalue weighted by Gasteiger charge is 2.30. The Morgan fingerprint density at radius 3 is 2.74 bits per heavy atom. The first-order valence-electron chi connectivity index (χ1n) is 15.2. The van der Waals surface area contributed by atoms with E-state index in [-0.39, 0.29) is 12.1 Å². The number of carbonyl (C=O) groups excluding carboxylic acids is 1. The Kier molecular flexibility index (Phi) is 6.98. The molecule has 0 radical (unpaired) electrons. The summed E-state index contributed by atoms with van der Waals surface area (Å²) in [5.74, 6) is 2.61. The third-order valence-electron chi connectivity index (χ3n) is 9.21. The number of ether oxygens (including phenoxy) is 1. The number of nitrogens with zero attached hydrogens (tertiary/aromatic N) is 5. The summed E-state index contributed by atoms with van der Waals surface area (Å²) in [5.41, 5.74) is 6.22. The van der Waals surface area contributed by atoms with Gasteiger partial charge in [0.2, 0.25) is 0 Å². The van der Waals surface area contributed by atoms with Crippen molar-refractivity contribution in [3.8, 4) is 11.5 Å². The number of aryl methyl sites for hydroxylation is 2. The number of piperidine rings is 1. The van der Waals surface area contributed by atoms with Crippen LogP contribution in [-0.4, -0.2) is 70.1 Å². The van der Waals surface area contributed by atoms with Gasteiger partial charge in [-0.1, -0.05) is 6.07 Å². The molecule has 0 bridgehead atoms. The first-order valence-corrected chi connectivity index (χ1v) is 15.2. The van der Waals surface area contributed by atoms with Gasteiger partial charge >= 0.3 is 6.03 Å². The Labute approximate surface area is 246 Å². The minimum atomic E-state index is -0.0946. The summed E-state index contributed by atoms with van der Waals surface area (Å²) in [7, 11) is 2.20. The lowest BCUT2D eigenvalue weighted by molar-refractivity contribution is 0.188. The van der Waals surface area contributed by atoms with Gasteiger partial charge < -0.3 is 29.7 Å². The maximum atomic E-state index is 13.6. The van der Waals surface area contributed by atoms with Crippen molar-refractivity contribution >= 4 is 28.6 Å². The molecule has 42 heavy (non-hydrogen) atoms. The van der Waals surface area contributed by atoms with Crippen LogP contribution in [0.4, 0.5) is 16.3 Å². The van der Waals surface area contributed by atoms with Gasteiger partial charge in [-0.3, -0.25) is 0 Å². The van der Waals surface area contributed by atoms with Gasteiger partial charge in [0.05, 0.1) is 23.3 Å². The second-order valence-electron chi connectivity index (χ2n) is 12.1. The van der Waals surface area contributed by atoms with E-state index in [2.05, 4.69) is 57.3 Å². The fourth-order valence-corrected chi connectivity index (χ4v) is 6.90. The van der Waals surface area contributed by atoms with Crippen molar-refractivity contribution in [3.63, 3.8) is 0 Å². The first-order chi connectivity index (χ1) is 20.4. The average molecular weight is 566 g/mol. The van der Waals surface area contributed by atoms with Gasteiger partial charge in [-0.2, -0.15) is 0 Å². The number of rotatable bonds is 4. The van der Waals surface area contributed by atoms with Crippen molar-refractivity contribution in [1.29, 1.82) is 0 Å². The number of aromatic nitrogens is 3. The van der Waals surface area contributed by atoms with Gasteiger partial charge in [0, 0.05) is 31.0 Å². The highest BCUT2D eigenvalue weighted by atomic mass is 16.5. The maximum Gasteiger partial charge on any atom is 0.322 e. The predicted octanol–water partition coefficient (Wildman–Crippen LogP) is 6.06. The van der Waals surface area contributed by atoms with E-state index >= 15 is 0 Å². The molecule has 9 heteroatoms. The third kappa shape index (κ3) is 5.06. The lowest BCUT2D eigenvalue weighted by atomic mass is 9.93.